The monoisotopic (exact) mass is 423 g/mol. The zero-order valence-corrected chi connectivity index (χ0v) is 17.9. The van der Waals surface area contributed by atoms with Crippen LogP contribution in [-0.4, -0.2) is 38.5 Å². The Balaban J connectivity index is 1.53. The van der Waals surface area contributed by atoms with Gasteiger partial charge in [-0.1, -0.05) is 30.7 Å². The fourth-order valence-corrected chi connectivity index (χ4v) is 5.21. The Morgan fingerprint density at radius 3 is 2.67 bits per heavy atom. The van der Waals surface area contributed by atoms with Crippen molar-refractivity contribution in [2.24, 2.45) is 11.8 Å². The second-order valence-corrected chi connectivity index (χ2v) is 8.84. The highest BCUT2D eigenvalue weighted by molar-refractivity contribution is 6.17. The summed E-state index contributed by atoms with van der Waals surface area (Å²) in [6.07, 6.45) is 5.79. The Labute approximate surface area is 180 Å². The number of pyridine rings is 1. The maximum Gasteiger partial charge on any atom is 0.260 e. The number of hydrogen-bond acceptors (Lipinski definition) is 5. The molecule has 5 rings (SSSR count). The Hall–Kier alpha value is -2.44. The van der Waals surface area contributed by atoms with Gasteiger partial charge in [-0.3, -0.25) is 14.8 Å². The number of anilines is 1. The van der Waals surface area contributed by atoms with E-state index < -0.39 is 0 Å². The van der Waals surface area contributed by atoms with Gasteiger partial charge < -0.3 is 0 Å². The van der Waals surface area contributed by atoms with Crippen LogP contribution in [0.2, 0.25) is 0 Å². The highest BCUT2D eigenvalue weighted by Gasteiger charge is 2.36. The molecule has 1 saturated carbocycles. The normalized spacial score (nSPS) is 21.3. The van der Waals surface area contributed by atoms with E-state index in [2.05, 4.69) is 15.4 Å². The Kier molecular flexibility index (Phi) is 5.21. The molecule has 156 valence electrons. The van der Waals surface area contributed by atoms with Crippen molar-refractivity contribution >= 4 is 28.6 Å². The third kappa shape index (κ3) is 3.48. The zero-order valence-electron chi connectivity index (χ0n) is 17.1. The van der Waals surface area contributed by atoms with Gasteiger partial charge in [0.25, 0.3) is 5.56 Å². The number of nitrogens with zero attached hydrogens (tertiary/aromatic N) is 4. The summed E-state index contributed by atoms with van der Waals surface area (Å²) in [5.41, 5.74) is 6.56. The third-order valence-corrected chi connectivity index (χ3v) is 6.72. The molecule has 6 nitrogen and oxygen atoms in total. The number of rotatable bonds is 5. The molecule has 2 fully saturated rings. The molecule has 1 N–H and O–H groups in total. The molecule has 3 heterocycles. The number of fused-ring (bicyclic) bond motifs is 2. The molecule has 2 atom stereocenters. The van der Waals surface area contributed by atoms with E-state index in [1.54, 1.807) is 10.8 Å². The van der Waals surface area contributed by atoms with E-state index in [9.17, 15) is 4.79 Å². The summed E-state index contributed by atoms with van der Waals surface area (Å²) in [4.78, 5) is 22.6. The molecule has 2 aromatic heterocycles. The second kappa shape index (κ2) is 8.00. The van der Waals surface area contributed by atoms with Gasteiger partial charge in [0.05, 0.1) is 0 Å². The van der Waals surface area contributed by atoms with Crippen molar-refractivity contribution in [1.82, 2.24) is 19.5 Å². The van der Waals surface area contributed by atoms with Crippen LogP contribution in [0, 0.1) is 18.8 Å². The van der Waals surface area contributed by atoms with Gasteiger partial charge in [-0.15, -0.1) is 11.6 Å². The number of hydrazine groups is 1. The SMILES string of the molecule is Cc1ccccc1-c1cc2cnc(NN3CC4CCCC4C3)nc2n(CCCl)c1=O. The summed E-state index contributed by atoms with van der Waals surface area (Å²) in [5, 5.41) is 3.06. The van der Waals surface area contributed by atoms with E-state index in [0.717, 1.165) is 41.4 Å². The molecule has 0 radical (unpaired) electrons. The lowest BCUT2D eigenvalue weighted by molar-refractivity contribution is 0.369. The van der Waals surface area contributed by atoms with Crippen LogP contribution in [0.15, 0.2) is 41.3 Å². The molecule has 1 aliphatic heterocycles. The largest absolute Gasteiger partial charge is 0.291 e. The standard InChI is InChI=1S/C23H26ClN5O/c1-15-5-2-3-8-19(15)20-11-18-12-25-23(26-21(18)29(10-9-24)22(20)30)27-28-13-16-6-4-7-17(16)14-28/h2-3,5,8,11-12,16-17H,4,6-7,9-10,13-14H2,1H3,(H,25,26,27). The summed E-state index contributed by atoms with van der Waals surface area (Å²) in [5.74, 6) is 2.44. The number of aryl methyl sites for hydroxylation is 2. The summed E-state index contributed by atoms with van der Waals surface area (Å²) in [6.45, 7) is 4.49. The van der Waals surface area contributed by atoms with Gasteiger partial charge in [-0.25, -0.2) is 9.99 Å². The van der Waals surface area contributed by atoms with Gasteiger partial charge >= 0.3 is 0 Å². The number of aromatic nitrogens is 3. The Morgan fingerprint density at radius 2 is 1.93 bits per heavy atom. The molecule has 0 amide bonds. The lowest BCUT2D eigenvalue weighted by atomic mass is 10.0. The molecule has 0 bridgehead atoms. The number of halogens is 1. The molecule has 7 heteroatoms. The van der Waals surface area contributed by atoms with Gasteiger partial charge in [-0.05, 0) is 48.8 Å². The first-order valence-corrected chi connectivity index (χ1v) is 11.2. The smallest absolute Gasteiger partial charge is 0.260 e. The van der Waals surface area contributed by atoms with Crippen LogP contribution < -0.4 is 11.0 Å². The van der Waals surface area contributed by atoms with Crippen LogP contribution in [0.3, 0.4) is 0 Å². The first-order valence-electron chi connectivity index (χ1n) is 10.7. The molecule has 0 spiro atoms. The fraction of sp³-hybridized carbons (Fsp3) is 0.435. The van der Waals surface area contributed by atoms with E-state index >= 15 is 0 Å². The van der Waals surface area contributed by atoms with Crippen LogP contribution in [0.1, 0.15) is 24.8 Å². The highest BCUT2D eigenvalue weighted by Crippen LogP contribution is 2.37. The van der Waals surface area contributed by atoms with Crippen LogP contribution in [0.4, 0.5) is 5.95 Å². The second-order valence-electron chi connectivity index (χ2n) is 8.46. The van der Waals surface area contributed by atoms with E-state index in [1.165, 1.54) is 19.3 Å². The number of hydrogen-bond donors (Lipinski definition) is 1. The summed E-state index contributed by atoms with van der Waals surface area (Å²) < 4.78 is 1.68. The van der Waals surface area contributed by atoms with Crippen LogP contribution in [0.5, 0.6) is 0 Å². The number of nitrogens with one attached hydrogen (secondary N) is 1. The third-order valence-electron chi connectivity index (χ3n) is 6.55. The molecule has 1 aromatic carbocycles. The number of benzene rings is 1. The lowest BCUT2D eigenvalue weighted by Gasteiger charge is -2.19. The quantitative estimate of drug-likeness (QED) is 0.627. The maximum absolute atomic E-state index is 13.3. The van der Waals surface area contributed by atoms with Gasteiger partial charge in [0.2, 0.25) is 5.95 Å². The van der Waals surface area contributed by atoms with Crippen molar-refractivity contribution in [3.63, 3.8) is 0 Å². The molecule has 1 saturated heterocycles. The maximum atomic E-state index is 13.3. The average molecular weight is 424 g/mol. The van der Waals surface area contributed by atoms with E-state index in [-0.39, 0.29) is 5.56 Å². The van der Waals surface area contributed by atoms with Crippen LogP contribution >= 0.6 is 11.6 Å². The predicted octanol–water partition coefficient (Wildman–Crippen LogP) is 4.06. The van der Waals surface area contributed by atoms with Crippen molar-refractivity contribution in [2.45, 2.75) is 32.7 Å². The minimum Gasteiger partial charge on any atom is -0.291 e. The van der Waals surface area contributed by atoms with Crippen molar-refractivity contribution in [2.75, 3.05) is 24.4 Å². The van der Waals surface area contributed by atoms with Crippen molar-refractivity contribution < 1.29 is 0 Å². The zero-order chi connectivity index (χ0) is 20.7. The average Bonchev–Trinajstić information content (AvgIpc) is 3.32. The van der Waals surface area contributed by atoms with Crippen LogP contribution in [0.25, 0.3) is 22.2 Å². The van der Waals surface area contributed by atoms with Gasteiger partial charge in [-0.2, -0.15) is 4.98 Å². The molecular weight excluding hydrogens is 398 g/mol. The Morgan fingerprint density at radius 1 is 1.17 bits per heavy atom. The van der Waals surface area contributed by atoms with Gasteiger partial charge in [0.1, 0.15) is 5.65 Å². The molecular formula is C23H26ClN5O. The molecule has 30 heavy (non-hydrogen) atoms. The number of alkyl halides is 1. The summed E-state index contributed by atoms with van der Waals surface area (Å²) in [7, 11) is 0. The molecule has 1 aliphatic carbocycles. The minimum atomic E-state index is -0.0715. The Bertz CT molecular complexity index is 1130. The fourth-order valence-electron chi connectivity index (χ4n) is 5.04. The van der Waals surface area contributed by atoms with Gasteiger partial charge in [0.15, 0.2) is 0 Å². The van der Waals surface area contributed by atoms with E-state index in [1.807, 2.05) is 37.3 Å². The van der Waals surface area contributed by atoms with Gasteiger partial charge in [0, 0.05) is 42.7 Å². The summed E-state index contributed by atoms with van der Waals surface area (Å²) >= 11 is 6.04. The van der Waals surface area contributed by atoms with Crippen molar-refractivity contribution in [3.8, 4) is 11.1 Å². The summed E-state index contributed by atoms with van der Waals surface area (Å²) in [6, 6.07) is 9.82. The molecule has 2 aliphatic rings. The first-order chi connectivity index (χ1) is 14.6. The minimum absolute atomic E-state index is 0.0715. The van der Waals surface area contributed by atoms with Crippen LogP contribution in [-0.2, 0) is 6.54 Å². The topological polar surface area (TPSA) is 63.1 Å². The predicted molar refractivity (Wildman–Crippen MR) is 121 cm³/mol. The highest BCUT2D eigenvalue weighted by atomic mass is 35.5. The van der Waals surface area contributed by atoms with E-state index in [4.69, 9.17) is 16.6 Å². The first kappa shape index (κ1) is 19.5. The van der Waals surface area contributed by atoms with Crippen molar-refractivity contribution in [1.29, 1.82) is 0 Å². The molecule has 2 unspecified atom stereocenters. The molecule has 3 aromatic rings. The van der Waals surface area contributed by atoms with Crippen molar-refractivity contribution in [3.05, 3.63) is 52.4 Å². The van der Waals surface area contributed by atoms with E-state index in [0.29, 0.717) is 29.6 Å². The lowest BCUT2D eigenvalue weighted by Crippen LogP contribution is -2.30.